The summed E-state index contributed by atoms with van der Waals surface area (Å²) in [4.78, 5) is 23.4. The average molecular weight is 368 g/mol. The standard InChI is InChI=1S/C13H7ClFN5O3S/c14-7-2-9(6(13(22)23)1-8(7)15)18-10(21)12-20-19-11(24-12)5-3-16-17-4-5/h1-4H,(H,16,17)(H,18,21)(H,22,23). The first kappa shape index (κ1) is 16.0. The highest BCUT2D eigenvalue weighted by molar-refractivity contribution is 7.16. The number of rotatable bonds is 4. The molecule has 1 aromatic carbocycles. The number of nitrogens with one attached hydrogen (secondary N) is 2. The maximum absolute atomic E-state index is 13.4. The van der Waals surface area contributed by atoms with Crippen molar-refractivity contribution in [2.24, 2.45) is 0 Å². The molecule has 122 valence electrons. The average Bonchev–Trinajstić information content (AvgIpc) is 3.20. The molecule has 0 unspecified atom stereocenters. The largest absolute Gasteiger partial charge is 0.478 e. The number of carboxylic acid groups (broad SMARTS) is 1. The van der Waals surface area contributed by atoms with E-state index in [4.69, 9.17) is 16.7 Å². The first-order valence-electron chi connectivity index (χ1n) is 6.32. The van der Waals surface area contributed by atoms with Gasteiger partial charge in [0.25, 0.3) is 5.91 Å². The van der Waals surface area contributed by atoms with Gasteiger partial charge < -0.3 is 10.4 Å². The molecule has 0 fully saturated rings. The van der Waals surface area contributed by atoms with E-state index in [1.165, 1.54) is 6.20 Å². The first-order chi connectivity index (χ1) is 11.5. The Balaban J connectivity index is 1.88. The number of anilines is 1. The molecule has 0 aliphatic rings. The van der Waals surface area contributed by atoms with Gasteiger partial charge in [0.05, 0.1) is 28.0 Å². The Morgan fingerprint density at radius 3 is 2.79 bits per heavy atom. The van der Waals surface area contributed by atoms with Gasteiger partial charge in [-0.15, -0.1) is 10.2 Å². The third kappa shape index (κ3) is 3.09. The number of carbonyl (C=O) groups excluding carboxylic acids is 1. The molecule has 0 aliphatic carbocycles. The Bertz CT molecular complexity index is 928. The van der Waals surface area contributed by atoms with E-state index in [1.807, 2.05) is 0 Å². The fourth-order valence-electron chi connectivity index (χ4n) is 1.80. The van der Waals surface area contributed by atoms with Crippen LogP contribution < -0.4 is 5.32 Å². The molecular weight excluding hydrogens is 361 g/mol. The monoisotopic (exact) mass is 367 g/mol. The SMILES string of the molecule is O=C(Nc1cc(Cl)c(F)cc1C(=O)O)c1nnc(-c2cn[nH]c2)s1. The van der Waals surface area contributed by atoms with Gasteiger partial charge in [0.15, 0.2) is 5.01 Å². The second kappa shape index (κ2) is 6.34. The Hall–Kier alpha value is -2.85. The van der Waals surface area contributed by atoms with E-state index >= 15 is 0 Å². The molecule has 0 bridgehead atoms. The molecule has 24 heavy (non-hydrogen) atoms. The summed E-state index contributed by atoms with van der Waals surface area (Å²) in [6.45, 7) is 0. The van der Waals surface area contributed by atoms with Crippen molar-refractivity contribution >= 4 is 40.5 Å². The van der Waals surface area contributed by atoms with Crippen molar-refractivity contribution in [3.8, 4) is 10.6 Å². The normalized spacial score (nSPS) is 10.6. The van der Waals surface area contributed by atoms with Gasteiger partial charge in [0, 0.05) is 6.20 Å². The van der Waals surface area contributed by atoms with Gasteiger partial charge >= 0.3 is 5.97 Å². The number of halogens is 2. The molecule has 3 rings (SSSR count). The minimum absolute atomic E-state index is 0.00277. The van der Waals surface area contributed by atoms with E-state index in [9.17, 15) is 14.0 Å². The van der Waals surface area contributed by atoms with Crippen LogP contribution in [-0.4, -0.2) is 37.4 Å². The van der Waals surface area contributed by atoms with Gasteiger partial charge in [-0.2, -0.15) is 5.10 Å². The van der Waals surface area contributed by atoms with E-state index in [0.717, 1.165) is 23.5 Å². The second-order valence-corrected chi connectivity index (χ2v) is 5.86. The number of benzene rings is 1. The number of hydrogen-bond donors (Lipinski definition) is 3. The van der Waals surface area contributed by atoms with Crippen LogP contribution in [0, 0.1) is 5.82 Å². The van der Waals surface area contributed by atoms with Crippen LogP contribution in [0.25, 0.3) is 10.6 Å². The van der Waals surface area contributed by atoms with Crippen molar-refractivity contribution in [1.29, 1.82) is 0 Å². The number of H-pyrrole nitrogens is 1. The predicted molar refractivity (Wildman–Crippen MR) is 83.8 cm³/mol. The zero-order valence-corrected chi connectivity index (χ0v) is 13.2. The molecule has 0 atom stereocenters. The molecule has 1 amide bonds. The number of nitrogens with zero attached hydrogens (tertiary/aromatic N) is 3. The van der Waals surface area contributed by atoms with Crippen molar-refractivity contribution < 1.29 is 19.1 Å². The van der Waals surface area contributed by atoms with Crippen LogP contribution in [0.1, 0.15) is 20.2 Å². The lowest BCUT2D eigenvalue weighted by molar-refractivity contribution is 0.0697. The van der Waals surface area contributed by atoms with Crippen molar-refractivity contribution in [2.45, 2.75) is 0 Å². The van der Waals surface area contributed by atoms with E-state index in [-0.39, 0.29) is 15.7 Å². The second-order valence-electron chi connectivity index (χ2n) is 4.47. The zero-order valence-electron chi connectivity index (χ0n) is 11.6. The van der Waals surface area contributed by atoms with Crippen LogP contribution in [0.3, 0.4) is 0 Å². The topological polar surface area (TPSA) is 121 Å². The Kier molecular flexibility index (Phi) is 4.23. The highest BCUT2D eigenvalue weighted by Gasteiger charge is 2.19. The number of aromatic nitrogens is 4. The highest BCUT2D eigenvalue weighted by Crippen LogP contribution is 2.26. The zero-order chi connectivity index (χ0) is 17.3. The van der Waals surface area contributed by atoms with Gasteiger partial charge in [-0.05, 0) is 12.1 Å². The first-order valence-corrected chi connectivity index (χ1v) is 7.51. The minimum atomic E-state index is -1.41. The van der Waals surface area contributed by atoms with E-state index in [1.54, 1.807) is 6.20 Å². The lowest BCUT2D eigenvalue weighted by Gasteiger charge is -2.08. The smallest absolute Gasteiger partial charge is 0.337 e. The molecule has 0 saturated heterocycles. The molecule has 0 radical (unpaired) electrons. The van der Waals surface area contributed by atoms with Gasteiger partial charge in [0.2, 0.25) is 5.01 Å². The van der Waals surface area contributed by atoms with Gasteiger partial charge in [-0.25, -0.2) is 9.18 Å². The van der Waals surface area contributed by atoms with Crippen LogP contribution in [0.4, 0.5) is 10.1 Å². The van der Waals surface area contributed by atoms with E-state index < -0.39 is 23.3 Å². The number of amides is 1. The molecule has 3 N–H and O–H groups in total. The number of carboxylic acids is 1. The molecule has 3 aromatic rings. The lowest BCUT2D eigenvalue weighted by Crippen LogP contribution is -2.15. The van der Waals surface area contributed by atoms with Gasteiger partial charge in [-0.3, -0.25) is 9.89 Å². The summed E-state index contributed by atoms with van der Waals surface area (Å²) in [5.74, 6) is -2.99. The molecule has 8 nitrogen and oxygen atoms in total. The maximum Gasteiger partial charge on any atom is 0.337 e. The number of hydrogen-bond acceptors (Lipinski definition) is 6. The van der Waals surface area contributed by atoms with Crippen LogP contribution in [0.2, 0.25) is 5.02 Å². The lowest BCUT2D eigenvalue weighted by atomic mass is 10.1. The molecule has 0 saturated carbocycles. The Morgan fingerprint density at radius 1 is 1.33 bits per heavy atom. The summed E-state index contributed by atoms with van der Waals surface area (Å²) in [7, 11) is 0. The quantitative estimate of drug-likeness (QED) is 0.651. The Morgan fingerprint density at radius 2 is 2.12 bits per heavy atom. The summed E-state index contributed by atoms with van der Waals surface area (Å²) in [6, 6.07) is 1.76. The molecular formula is C13H7ClFN5O3S. The molecule has 2 aromatic heterocycles. The number of aromatic amines is 1. The number of carbonyl (C=O) groups is 2. The summed E-state index contributed by atoms with van der Waals surface area (Å²) in [6.07, 6.45) is 3.11. The third-order valence-electron chi connectivity index (χ3n) is 2.90. The molecule has 2 heterocycles. The summed E-state index contributed by atoms with van der Waals surface area (Å²) < 4.78 is 13.4. The van der Waals surface area contributed by atoms with E-state index in [2.05, 4.69) is 25.7 Å². The number of aromatic carboxylic acids is 1. The van der Waals surface area contributed by atoms with Crippen molar-refractivity contribution in [2.75, 3.05) is 5.32 Å². The Labute approximate surface area is 142 Å². The van der Waals surface area contributed by atoms with Crippen molar-refractivity contribution in [1.82, 2.24) is 20.4 Å². The van der Waals surface area contributed by atoms with Gasteiger partial charge in [-0.1, -0.05) is 22.9 Å². The van der Waals surface area contributed by atoms with Crippen molar-refractivity contribution in [3.63, 3.8) is 0 Å². The van der Waals surface area contributed by atoms with Gasteiger partial charge in [0.1, 0.15) is 5.82 Å². The van der Waals surface area contributed by atoms with Crippen LogP contribution in [-0.2, 0) is 0 Å². The van der Waals surface area contributed by atoms with Crippen LogP contribution in [0.5, 0.6) is 0 Å². The summed E-state index contributed by atoms with van der Waals surface area (Å²) in [5, 5.41) is 25.6. The predicted octanol–water partition coefficient (Wildman–Crippen LogP) is 2.67. The van der Waals surface area contributed by atoms with E-state index in [0.29, 0.717) is 10.6 Å². The van der Waals surface area contributed by atoms with Crippen molar-refractivity contribution in [3.05, 3.63) is 45.9 Å². The minimum Gasteiger partial charge on any atom is -0.478 e. The molecule has 0 aliphatic heterocycles. The third-order valence-corrected chi connectivity index (χ3v) is 4.16. The fourth-order valence-corrected chi connectivity index (χ4v) is 2.69. The maximum atomic E-state index is 13.4. The highest BCUT2D eigenvalue weighted by atomic mass is 35.5. The summed E-state index contributed by atoms with van der Waals surface area (Å²) in [5.41, 5.74) is 0.0892. The fraction of sp³-hybridized carbons (Fsp3) is 0. The van der Waals surface area contributed by atoms with Crippen LogP contribution >= 0.6 is 22.9 Å². The summed E-state index contributed by atoms with van der Waals surface area (Å²) >= 11 is 6.63. The van der Waals surface area contributed by atoms with Crippen LogP contribution in [0.15, 0.2) is 24.5 Å². The molecule has 11 heteroatoms. The molecule has 0 spiro atoms.